The van der Waals surface area contributed by atoms with E-state index in [1.807, 2.05) is 24.3 Å². The maximum atomic E-state index is 13.6. The van der Waals surface area contributed by atoms with Crippen LogP contribution in [-0.2, 0) is 0 Å². The Hall–Kier alpha value is -2.85. The van der Waals surface area contributed by atoms with Crippen LogP contribution in [0.5, 0.6) is 5.75 Å². The van der Waals surface area contributed by atoms with Crippen molar-refractivity contribution in [2.45, 2.75) is 46.0 Å². The van der Waals surface area contributed by atoms with Crippen LogP contribution in [0.15, 0.2) is 36.4 Å². The van der Waals surface area contributed by atoms with Gasteiger partial charge in [-0.05, 0) is 48.7 Å². The number of hydrogen-bond donors (Lipinski definition) is 0. The second-order valence-corrected chi connectivity index (χ2v) is 6.75. The van der Waals surface area contributed by atoms with Gasteiger partial charge in [0.05, 0.1) is 6.61 Å². The molecule has 0 aliphatic rings. The molecule has 0 saturated carbocycles. The summed E-state index contributed by atoms with van der Waals surface area (Å²) in [6.45, 7) is 5.12. The Morgan fingerprint density at radius 1 is 0.964 bits per heavy atom. The van der Waals surface area contributed by atoms with Crippen molar-refractivity contribution in [3.8, 4) is 23.7 Å². The molecule has 0 aromatic heterocycles. The fourth-order valence-corrected chi connectivity index (χ4v) is 2.92. The number of rotatable bonds is 8. The summed E-state index contributed by atoms with van der Waals surface area (Å²) in [6, 6.07) is 10.9. The molecule has 0 amide bonds. The van der Waals surface area contributed by atoms with E-state index in [2.05, 4.69) is 25.7 Å². The summed E-state index contributed by atoms with van der Waals surface area (Å²) in [7, 11) is 0. The third kappa shape index (κ3) is 6.39. The molecule has 0 radical (unpaired) electrons. The Morgan fingerprint density at radius 3 is 2.18 bits per heavy atom. The Kier molecular flexibility index (Phi) is 8.50. The van der Waals surface area contributed by atoms with Gasteiger partial charge in [-0.1, -0.05) is 51.4 Å². The molecular formula is C24H25F2NO. The molecule has 0 saturated heterocycles. The summed E-state index contributed by atoms with van der Waals surface area (Å²) < 4.78 is 33.0. The van der Waals surface area contributed by atoms with Crippen molar-refractivity contribution >= 4 is 0 Å². The molecule has 2 aromatic rings. The van der Waals surface area contributed by atoms with Crippen molar-refractivity contribution in [3.63, 3.8) is 0 Å². The summed E-state index contributed by atoms with van der Waals surface area (Å²) in [5, 5.41) is 8.69. The average Bonchev–Trinajstić information content (AvgIpc) is 2.69. The van der Waals surface area contributed by atoms with Gasteiger partial charge in [-0.2, -0.15) is 5.26 Å². The highest BCUT2D eigenvalue weighted by Crippen LogP contribution is 2.18. The van der Waals surface area contributed by atoms with Crippen LogP contribution in [0.4, 0.5) is 8.78 Å². The molecule has 0 N–H and O–H groups in total. The largest absolute Gasteiger partial charge is 0.494 e. The summed E-state index contributed by atoms with van der Waals surface area (Å²) in [5.74, 6) is 5.27. The van der Waals surface area contributed by atoms with Gasteiger partial charge in [-0.3, -0.25) is 0 Å². The lowest BCUT2D eigenvalue weighted by Gasteiger charge is -2.14. The van der Waals surface area contributed by atoms with Gasteiger partial charge in [0.2, 0.25) is 0 Å². The Morgan fingerprint density at radius 2 is 1.61 bits per heavy atom. The lowest BCUT2D eigenvalue weighted by atomic mass is 9.96. The Balaban J connectivity index is 1.93. The molecule has 2 aromatic carbocycles. The molecule has 0 heterocycles. The van der Waals surface area contributed by atoms with E-state index in [0.717, 1.165) is 24.3 Å². The van der Waals surface area contributed by atoms with E-state index >= 15 is 0 Å². The van der Waals surface area contributed by atoms with Gasteiger partial charge in [0.1, 0.15) is 29.0 Å². The Labute approximate surface area is 166 Å². The minimum atomic E-state index is -0.903. The first kappa shape index (κ1) is 21.5. The second-order valence-electron chi connectivity index (χ2n) is 6.75. The van der Waals surface area contributed by atoms with E-state index in [9.17, 15) is 8.78 Å². The van der Waals surface area contributed by atoms with Crippen LogP contribution in [0.1, 0.15) is 62.6 Å². The minimum absolute atomic E-state index is 0.187. The third-order valence-corrected chi connectivity index (χ3v) is 4.70. The summed E-state index contributed by atoms with van der Waals surface area (Å²) in [4.78, 5) is 0. The standard InChI is InChI=1S/C24H25F2NO/c1-3-5-6-18(4-2)13-14-28-21-11-9-19(10-12-21)7-8-20-15-23(25)22(17-27)24(26)16-20/h9-12,15-16,18H,3-6,13-14H2,1-2H3. The van der Waals surface area contributed by atoms with Crippen molar-refractivity contribution in [3.05, 3.63) is 64.7 Å². The number of ether oxygens (including phenoxy) is 1. The molecule has 0 aliphatic heterocycles. The number of hydrogen-bond acceptors (Lipinski definition) is 2. The first-order chi connectivity index (χ1) is 13.6. The van der Waals surface area contributed by atoms with Crippen molar-refractivity contribution in [2.24, 2.45) is 5.92 Å². The van der Waals surface area contributed by atoms with Gasteiger partial charge in [0, 0.05) is 11.1 Å². The molecule has 2 rings (SSSR count). The molecule has 146 valence electrons. The van der Waals surface area contributed by atoms with E-state index in [0.29, 0.717) is 18.1 Å². The van der Waals surface area contributed by atoms with Crippen molar-refractivity contribution in [1.29, 1.82) is 5.26 Å². The van der Waals surface area contributed by atoms with E-state index in [1.54, 1.807) is 0 Å². The average molecular weight is 381 g/mol. The number of nitriles is 1. The van der Waals surface area contributed by atoms with Crippen molar-refractivity contribution in [1.82, 2.24) is 0 Å². The normalized spacial score (nSPS) is 11.2. The van der Waals surface area contributed by atoms with E-state index in [1.165, 1.54) is 31.8 Å². The molecule has 2 nitrogen and oxygen atoms in total. The topological polar surface area (TPSA) is 33.0 Å². The van der Waals surface area contributed by atoms with Crippen LogP contribution in [0.25, 0.3) is 0 Å². The first-order valence-electron chi connectivity index (χ1n) is 9.71. The van der Waals surface area contributed by atoms with E-state index in [4.69, 9.17) is 10.00 Å². The summed E-state index contributed by atoms with van der Waals surface area (Å²) >= 11 is 0. The number of benzene rings is 2. The van der Waals surface area contributed by atoms with Crippen LogP contribution in [0.3, 0.4) is 0 Å². The van der Waals surface area contributed by atoms with Crippen LogP contribution in [0.2, 0.25) is 0 Å². The fraction of sp³-hybridized carbons (Fsp3) is 0.375. The zero-order valence-electron chi connectivity index (χ0n) is 16.4. The van der Waals surface area contributed by atoms with Gasteiger partial charge < -0.3 is 4.74 Å². The van der Waals surface area contributed by atoms with Gasteiger partial charge in [0.15, 0.2) is 0 Å². The third-order valence-electron chi connectivity index (χ3n) is 4.70. The minimum Gasteiger partial charge on any atom is -0.494 e. The monoisotopic (exact) mass is 381 g/mol. The number of nitrogens with zero attached hydrogens (tertiary/aromatic N) is 1. The molecule has 4 heteroatoms. The van der Waals surface area contributed by atoms with E-state index < -0.39 is 17.2 Å². The van der Waals surface area contributed by atoms with Gasteiger partial charge in [-0.25, -0.2) is 8.78 Å². The predicted molar refractivity (Wildman–Crippen MR) is 107 cm³/mol. The number of halogens is 2. The molecule has 1 atom stereocenters. The molecule has 28 heavy (non-hydrogen) atoms. The zero-order chi connectivity index (χ0) is 20.4. The maximum absolute atomic E-state index is 13.6. The highest BCUT2D eigenvalue weighted by atomic mass is 19.1. The molecule has 0 fully saturated rings. The zero-order valence-corrected chi connectivity index (χ0v) is 16.4. The Bertz CT molecular complexity index is 849. The summed E-state index contributed by atoms with van der Waals surface area (Å²) in [5.41, 5.74) is 0.311. The SMILES string of the molecule is CCCCC(CC)CCOc1ccc(C#Cc2cc(F)c(C#N)c(F)c2)cc1. The maximum Gasteiger partial charge on any atom is 0.145 e. The molecule has 0 bridgehead atoms. The van der Waals surface area contributed by atoms with E-state index in [-0.39, 0.29) is 5.56 Å². The highest BCUT2D eigenvalue weighted by molar-refractivity contribution is 5.47. The van der Waals surface area contributed by atoms with Gasteiger partial charge in [-0.15, -0.1) is 0 Å². The first-order valence-corrected chi connectivity index (χ1v) is 9.71. The molecule has 1 unspecified atom stereocenters. The highest BCUT2D eigenvalue weighted by Gasteiger charge is 2.09. The predicted octanol–water partition coefficient (Wildman–Crippen LogP) is 6.22. The lowest BCUT2D eigenvalue weighted by Crippen LogP contribution is -2.06. The van der Waals surface area contributed by atoms with Crippen LogP contribution in [-0.4, -0.2) is 6.61 Å². The van der Waals surface area contributed by atoms with Crippen molar-refractivity contribution < 1.29 is 13.5 Å². The molecular weight excluding hydrogens is 356 g/mol. The second kappa shape index (κ2) is 11.1. The quantitative estimate of drug-likeness (QED) is 0.508. The van der Waals surface area contributed by atoms with Gasteiger partial charge >= 0.3 is 0 Å². The van der Waals surface area contributed by atoms with Crippen molar-refractivity contribution in [2.75, 3.05) is 6.61 Å². The van der Waals surface area contributed by atoms with Gasteiger partial charge in [0.25, 0.3) is 0 Å². The van der Waals surface area contributed by atoms with Crippen LogP contribution in [0, 0.1) is 40.7 Å². The smallest absolute Gasteiger partial charge is 0.145 e. The lowest BCUT2D eigenvalue weighted by molar-refractivity contribution is 0.266. The van der Waals surface area contributed by atoms with Crippen LogP contribution < -0.4 is 4.74 Å². The molecule has 0 aliphatic carbocycles. The summed E-state index contributed by atoms with van der Waals surface area (Å²) in [6.07, 6.45) is 5.96. The fourth-order valence-electron chi connectivity index (χ4n) is 2.92. The molecule has 0 spiro atoms. The number of unbranched alkanes of at least 4 members (excludes halogenated alkanes) is 1. The van der Waals surface area contributed by atoms with Crippen LogP contribution >= 0.6 is 0 Å².